The number of nitrogens with one attached hydrogen (secondary N) is 1. The molecule has 0 amide bonds. The number of rotatable bonds is 4. The molecule has 0 fully saturated rings. The largest absolute Gasteiger partial charge is 0.312 e. The van der Waals surface area contributed by atoms with E-state index in [1.54, 1.807) is 6.07 Å². The van der Waals surface area contributed by atoms with Crippen LogP contribution in [0.4, 0.5) is 4.39 Å². The second-order valence-electron chi connectivity index (χ2n) is 4.58. The Bertz CT molecular complexity index is 338. The van der Waals surface area contributed by atoms with Crippen LogP contribution in [0.1, 0.15) is 22.7 Å². The summed E-state index contributed by atoms with van der Waals surface area (Å²) in [5.41, 5.74) is 2.76. The van der Waals surface area contributed by atoms with Crippen LogP contribution in [0.5, 0.6) is 0 Å². The molecule has 1 aromatic carbocycles. The molecule has 1 aromatic rings. The predicted molar refractivity (Wildman–Crippen MR) is 66.2 cm³/mol. The van der Waals surface area contributed by atoms with Gasteiger partial charge in [0.05, 0.1) is 0 Å². The number of halogens is 1. The first kappa shape index (κ1) is 13.1. The molecule has 1 rings (SSSR count). The third-order valence-corrected chi connectivity index (χ3v) is 2.73. The normalized spacial score (nSPS) is 13.2. The van der Waals surface area contributed by atoms with Crippen molar-refractivity contribution in [1.82, 2.24) is 10.2 Å². The van der Waals surface area contributed by atoms with Gasteiger partial charge in [0.15, 0.2) is 0 Å². The molecule has 0 saturated heterocycles. The molecule has 16 heavy (non-hydrogen) atoms. The quantitative estimate of drug-likeness (QED) is 0.844. The van der Waals surface area contributed by atoms with Gasteiger partial charge in [0.1, 0.15) is 5.82 Å². The van der Waals surface area contributed by atoms with Gasteiger partial charge in [-0.3, -0.25) is 0 Å². The Morgan fingerprint density at radius 2 is 1.94 bits per heavy atom. The second kappa shape index (κ2) is 5.41. The number of nitrogens with zero attached hydrogens (tertiary/aromatic N) is 1. The lowest BCUT2D eigenvalue weighted by molar-refractivity contribution is 0.346. The van der Waals surface area contributed by atoms with E-state index in [0.717, 1.165) is 23.2 Å². The van der Waals surface area contributed by atoms with E-state index in [0.29, 0.717) is 0 Å². The molecular formula is C13H21FN2. The summed E-state index contributed by atoms with van der Waals surface area (Å²) in [6.45, 7) is 4.67. The van der Waals surface area contributed by atoms with Crippen molar-refractivity contribution >= 4 is 0 Å². The van der Waals surface area contributed by atoms with Gasteiger partial charge < -0.3 is 10.2 Å². The molecule has 1 N–H and O–H groups in total. The summed E-state index contributed by atoms with van der Waals surface area (Å²) in [5, 5.41) is 3.17. The number of aryl methyl sites for hydroxylation is 2. The molecule has 0 heterocycles. The van der Waals surface area contributed by atoms with Crippen molar-refractivity contribution in [3.63, 3.8) is 0 Å². The summed E-state index contributed by atoms with van der Waals surface area (Å²) in [7, 11) is 5.85. The number of hydrogen-bond acceptors (Lipinski definition) is 2. The van der Waals surface area contributed by atoms with Crippen LogP contribution in [-0.2, 0) is 0 Å². The monoisotopic (exact) mass is 224 g/mol. The SMILES string of the molecule is CNC(CN(C)C)c1c(C)cc(C)cc1F. The molecule has 0 aliphatic carbocycles. The highest BCUT2D eigenvalue weighted by Crippen LogP contribution is 2.23. The van der Waals surface area contributed by atoms with Crippen molar-refractivity contribution in [3.05, 3.63) is 34.6 Å². The van der Waals surface area contributed by atoms with E-state index >= 15 is 0 Å². The van der Waals surface area contributed by atoms with Crippen LogP contribution < -0.4 is 5.32 Å². The van der Waals surface area contributed by atoms with Gasteiger partial charge in [-0.1, -0.05) is 6.07 Å². The fourth-order valence-electron chi connectivity index (χ4n) is 2.06. The van der Waals surface area contributed by atoms with E-state index in [2.05, 4.69) is 10.2 Å². The van der Waals surface area contributed by atoms with Crippen LogP contribution in [0.25, 0.3) is 0 Å². The lowest BCUT2D eigenvalue weighted by atomic mass is 9.98. The third kappa shape index (κ3) is 3.03. The standard InChI is InChI=1S/C13H21FN2/c1-9-6-10(2)13(11(14)7-9)12(15-3)8-16(4)5/h6-7,12,15H,8H2,1-5H3. The molecule has 1 atom stereocenters. The molecule has 0 saturated carbocycles. The van der Waals surface area contributed by atoms with Crippen molar-refractivity contribution in [2.24, 2.45) is 0 Å². The van der Waals surface area contributed by atoms with Gasteiger partial charge in [0, 0.05) is 18.2 Å². The van der Waals surface area contributed by atoms with Gasteiger partial charge in [0.2, 0.25) is 0 Å². The zero-order chi connectivity index (χ0) is 12.3. The molecule has 0 bridgehead atoms. The van der Waals surface area contributed by atoms with Crippen LogP contribution in [0.3, 0.4) is 0 Å². The minimum absolute atomic E-state index is 0.0376. The van der Waals surface area contributed by atoms with Gasteiger partial charge in [-0.05, 0) is 52.2 Å². The highest BCUT2D eigenvalue weighted by atomic mass is 19.1. The van der Waals surface area contributed by atoms with Gasteiger partial charge >= 0.3 is 0 Å². The van der Waals surface area contributed by atoms with E-state index in [1.807, 2.05) is 41.1 Å². The number of hydrogen-bond donors (Lipinski definition) is 1. The smallest absolute Gasteiger partial charge is 0.128 e. The van der Waals surface area contributed by atoms with Crippen LogP contribution in [0, 0.1) is 19.7 Å². The molecule has 0 radical (unpaired) electrons. The van der Waals surface area contributed by atoms with Crippen molar-refractivity contribution in [3.8, 4) is 0 Å². The summed E-state index contributed by atoms with van der Waals surface area (Å²) < 4.78 is 13.9. The summed E-state index contributed by atoms with van der Waals surface area (Å²) in [5.74, 6) is -0.112. The molecule has 2 nitrogen and oxygen atoms in total. The maximum atomic E-state index is 13.9. The summed E-state index contributed by atoms with van der Waals surface area (Å²) >= 11 is 0. The molecule has 1 unspecified atom stereocenters. The highest BCUT2D eigenvalue weighted by Gasteiger charge is 2.17. The summed E-state index contributed by atoms with van der Waals surface area (Å²) in [6.07, 6.45) is 0. The Labute approximate surface area is 97.5 Å². The van der Waals surface area contributed by atoms with E-state index in [9.17, 15) is 4.39 Å². The molecule has 3 heteroatoms. The Morgan fingerprint density at radius 1 is 1.31 bits per heavy atom. The Kier molecular flexibility index (Phi) is 4.44. The molecule has 0 aliphatic heterocycles. The van der Waals surface area contributed by atoms with E-state index in [1.165, 1.54) is 0 Å². The van der Waals surface area contributed by atoms with Gasteiger partial charge in [0.25, 0.3) is 0 Å². The van der Waals surface area contributed by atoms with Crippen LogP contribution in [-0.4, -0.2) is 32.6 Å². The Balaban J connectivity index is 3.09. The lowest BCUT2D eigenvalue weighted by Gasteiger charge is -2.23. The number of benzene rings is 1. The van der Waals surface area contributed by atoms with E-state index < -0.39 is 0 Å². The lowest BCUT2D eigenvalue weighted by Crippen LogP contribution is -2.30. The Hall–Kier alpha value is -0.930. The predicted octanol–water partition coefficient (Wildman–Crippen LogP) is 2.26. The first-order valence-electron chi connectivity index (χ1n) is 5.54. The summed E-state index contributed by atoms with van der Waals surface area (Å²) in [4.78, 5) is 2.06. The number of likely N-dealkylation sites (N-methyl/N-ethyl adjacent to an activating group) is 2. The van der Waals surface area contributed by atoms with Crippen molar-refractivity contribution < 1.29 is 4.39 Å². The fourth-order valence-corrected chi connectivity index (χ4v) is 2.06. The first-order chi connectivity index (χ1) is 7.45. The van der Waals surface area contributed by atoms with Crippen molar-refractivity contribution in [2.75, 3.05) is 27.7 Å². The summed E-state index contributed by atoms with van der Waals surface area (Å²) in [6, 6.07) is 3.66. The highest BCUT2D eigenvalue weighted by molar-refractivity contribution is 5.34. The Morgan fingerprint density at radius 3 is 2.38 bits per heavy atom. The van der Waals surface area contributed by atoms with Gasteiger partial charge in [-0.2, -0.15) is 0 Å². The average Bonchev–Trinajstić information content (AvgIpc) is 2.13. The average molecular weight is 224 g/mol. The maximum absolute atomic E-state index is 13.9. The van der Waals surface area contributed by atoms with Crippen LogP contribution in [0.15, 0.2) is 12.1 Å². The minimum Gasteiger partial charge on any atom is -0.312 e. The van der Waals surface area contributed by atoms with Gasteiger partial charge in [-0.15, -0.1) is 0 Å². The molecule has 90 valence electrons. The third-order valence-electron chi connectivity index (χ3n) is 2.73. The maximum Gasteiger partial charge on any atom is 0.128 e. The van der Waals surface area contributed by atoms with E-state index in [4.69, 9.17) is 0 Å². The van der Waals surface area contributed by atoms with Crippen molar-refractivity contribution in [1.29, 1.82) is 0 Å². The second-order valence-corrected chi connectivity index (χ2v) is 4.58. The van der Waals surface area contributed by atoms with Crippen molar-refractivity contribution in [2.45, 2.75) is 19.9 Å². The molecular weight excluding hydrogens is 203 g/mol. The zero-order valence-corrected chi connectivity index (χ0v) is 10.8. The topological polar surface area (TPSA) is 15.3 Å². The van der Waals surface area contributed by atoms with E-state index in [-0.39, 0.29) is 11.9 Å². The zero-order valence-electron chi connectivity index (χ0n) is 10.8. The first-order valence-corrected chi connectivity index (χ1v) is 5.54. The fraction of sp³-hybridized carbons (Fsp3) is 0.538. The molecule has 0 aromatic heterocycles. The minimum atomic E-state index is -0.112. The van der Waals surface area contributed by atoms with Crippen LogP contribution in [0.2, 0.25) is 0 Å². The molecule has 0 spiro atoms. The van der Waals surface area contributed by atoms with Crippen LogP contribution >= 0.6 is 0 Å². The van der Waals surface area contributed by atoms with Gasteiger partial charge in [-0.25, -0.2) is 4.39 Å². The molecule has 0 aliphatic rings.